The van der Waals surface area contributed by atoms with Crippen LogP contribution in [-0.4, -0.2) is 49.1 Å². The van der Waals surface area contributed by atoms with Crippen molar-refractivity contribution in [3.05, 3.63) is 59.4 Å². The Bertz CT molecular complexity index is 792. The maximum absolute atomic E-state index is 12.9. The first-order chi connectivity index (χ1) is 12.6. The number of amides is 1. The van der Waals surface area contributed by atoms with Crippen molar-refractivity contribution in [1.82, 2.24) is 9.88 Å². The summed E-state index contributed by atoms with van der Waals surface area (Å²) in [5.41, 5.74) is 1.93. The summed E-state index contributed by atoms with van der Waals surface area (Å²) in [7, 11) is 2.82. The van der Waals surface area contributed by atoms with Gasteiger partial charge in [0, 0.05) is 31.0 Å². The normalized spacial score (nSPS) is 16.4. The van der Waals surface area contributed by atoms with E-state index in [1.165, 1.54) is 19.8 Å². The fraction of sp³-hybridized carbons (Fsp3) is 0.350. The number of methoxy groups -OCH3 is 2. The van der Waals surface area contributed by atoms with Crippen molar-refractivity contribution in [1.29, 1.82) is 0 Å². The van der Waals surface area contributed by atoms with Crippen LogP contribution in [0.2, 0.25) is 0 Å². The Hall–Kier alpha value is -2.89. The number of benzene rings is 1. The Morgan fingerprint density at radius 3 is 2.73 bits per heavy atom. The molecule has 0 bridgehead atoms. The second-order valence-electron chi connectivity index (χ2n) is 6.41. The Kier molecular flexibility index (Phi) is 5.51. The molecule has 3 rings (SSSR count). The van der Waals surface area contributed by atoms with E-state index in [4.69, 9.17) is 9.47 Å². The second-order valence-corrected chi connectivity index (χ2v) is 6.41. The average molecular weight is 354 g/mol. The molecular formula is C20H22N2O4. The maximum atomic E-state index is 12.9. The van der Waals surface area contributed by atoms with Crippen molar-refractivity contribution in [3.63, 3.8) is 0 Å². The number of ether oxygens (including phenoxy) is 2. The molecule has 1 fully saturated rings. The van der Waals surface area contributed by atoms with Gasteiger partial charge >= 0.3 is 5.97 Å². The third-order valence-electron chi connectivity index (χ3n) is 4.63. The van der Waals surface area contributed by atoms with Crippen molar-refractivity contribution in [2.24, 2.45) is 5.92 Å². The number of rotatable bonds is 5. The molecular weight excluding hydrogens is 332 g/mol. The van der Waals surface area contributed by atoms with Crippen LogP contribution in [0.5, 0.6) is 5.75 Å². The van der Waals surface area contributed by atoms with Gasteiger partial charge in [-0.3, -0.25) is 9.78 Å². The van der Waals surface area contributed by atoms with Gasteiger partial charge in [0.2, 0.25) is 0 Å². The molecule has 136 valence electrons. The average Bonchev–Trinajstić information content (AvgIpc) is 3.15. The minimum atomic E-state index is -0.492. The van der Waals surface area contributed by atoms with Gasteiger partial charge in [-0.05, 0) is 48.6 Å². The van der Waals surface area contributed by atoms with Gasteiger partial charge in [0.05, 0.1) is 19.8 Å². The molecule has 2 heterocycles. The van der Waals surface area contributed by atoms with Gasteiger partial charge in [0.15, 0.2) is 0 Å². The van der Waals surface area contributed by atoms with Gasteiger partial charge in [0.1, 0.15) is 5.75 Å². The van der Waals surface area contributed by atoms with Gasteiger partial charge in [0.25, 0.3) is 5.91 Å². The molecule has 1 aromatic heterocycles. The zero-order valence-electron chi connectivity index (χ0n) is 15.0. The number of aromatic nitrogens is 1. The van der Waals surface area contributed by atoms with Crippen molar-refractivity contribution < 1.29 is 19.1 Å². The van der Waals surface area contributed by atoms with E-state index < -0.39 is 5.97 Å². The summed E-state index contributed by atoms with van der Waals surface area (Å²) < 4.78 is 9.97. The summed E-state index contributed by atoms with van der Waals surface area (Å²) in [6, 6.07) is 8.77. The lowest BCUT2D eigenvalue weighted by Gasteiger charge is -2.17. The standard InChI is InChI=1S/C20H22N2O4/c1-25-18-10-16(9-17(11-18)20(24)26-2)19(23)22-7-5-15(13-22)8-14-4-3-6-21-12-14/h3-4,6,9-12,15H,5,7-8,13H2,1-2H3. The molecule has 1 amide bonds. The molecule has 6 heteroatoms. The molecule has 0 aliphatic carbocycles. The predicted molar refractivity (Wildman–Crippen MR) is 96.3 cm³/mol. The third-order valence-corrected chi connectivity index (χ3v) is 4.63. The van der Waals surface area contributed by atoms with E-state index in [-0.39, 0.29) is 5.91 Å². The number of hydrogen-bond acceptors (Lipinski definition) is 5. The van der Waals surface area contributed by atoms with Crippen molar-refractivity contribution in [2.45, 2.75) is 12.8 Å². The van der Waals surface area contributed by atoms with E-state index in [0.717, 1.165) is 12.8 Å². The van der Waals surface area contributed by atoms with Crippen LogP contribution in [0.25, 0.3) is 0 Å². The Morgan fingerprint density at radius 1 is 1.23 bits per heavy atom. The minimum absolute atomic E-state index is 0.0947. The predicted octanol–water partition coefficient (Wildman–Crippen LogP) is 2.58. The molecule has 0 spiro atoms. The summed E-state index contributed by atoms with van der Waals surface area (Å²) in [6.45, 7) is 1.40. The number of carbonyl (C=O) groups is 2. The van der Waals surface area contributed by atoms with E-state index in [0.29, 0.717) is 35.9 Å². The Balaban J connectivity index is 1.72. The minimum Gasteiger partial charge on any atom is -0.497 e. The van der Waals surface area contributed by atoms with Gasteiger partial charge in [-0.2, -0.15) is 0 Å². The number of carbonyl (C=O) groups excluding carboxylic acids is 2. The van der Waals surface area contributed by atoms with E-state index >= 15 is 0 Å². The number of esters is 1. The van der Waals surface area contributed by atoms with Gasteiger partial charge in [-0.25, -0.2) is 4.79 Å². The summed E-state index contributed by atoms with van der Waals surface area (Å²) in [5.74, 6) is 0.285. The molecule has 26 heavy (non-hydrogen) atoms. The molecule has 0 saturated carbocycles. The molecule has 2 aromatic rings. The Labute approximate surface area is 152 Å². The molecule has 1 aromatic carbocycles. The highest BCUT2D eigenvalue weighted by molar-refractivity contribution is 5.98. The van der Waals surface area contributed by atoms with E-state index in [2.05, 4.69) is 11.1 Å². The molecule has 6 nitrogen and oxygen atoms in total. The van der Waals surface area contributed by atoms with Crippen LogP contribution in [0.3, 0.4) is 0 Å². The van der Waals surface area contributed by atoms with Crippen LogP contribution in [-0.2, 0) is 11.2 Å². The highest BCUT2D eigenvalue weighted by atomic mass is 16.5. The summed E-state index contributed by atoms with van der Waals surface area (Å²) >= 11 is 0. The first-order valence-corrected chi connectivity index (χ1v) is 8.56. The lowest BCUT2D eigenvalue weighted by molar-refractivity contribution is 0.0600. The summed E-state index contributed by atoms with van der Waals surface area (Å²) in [6.07, 6.45) is 5.49. The Morgan fingerprint density at radius 2 is 2.04 bits per heavy atom. The molecule has 1 atom stereocenters. The number of pyridine rings is 1. The number of nitrogens with zero attached hydrogens (tertiary/aromatic N) is 2. The first-order valence-electron chi connectivity index (χ1n) is 8.56. The van der Waals surface area contributed by atoms with Crippen LogP contribution < -0.4 is 4.74 Å². The van der Waals surface area contributed by atoms with E-state index in [1.807, 2.05) is 17.2 Å². The zero-order chi connectivity index (χ0) is 18.5. The maximum Gasteiger partial charge on any atom is 0.338 e. The largest absolute Gasteiger partial charge is 0.497 e. The van der Waals surface area contributed by atoms with Crippen molar-refractivity contribution in [2.75, 3.05) is 27.3 Å². The quantitative estimate of drug-likeness (QED) is 0.772. The fourth-order valence-electron chi connectivity index (χ4n) is 3.29. The van der Waals surface area contributed by atoms with Crippen LogP contribution in [0, 0.1) is 5.92 Å². The molecule has 0 N–H and O–H groups in total. The summed E-state index contributed by atoms with van der Waals surface area (Å²) in [4.78, 5) is 30.7. The monoisotopic (exact) mass is 354 g/mol. The SMILES string of the molecule is COC(=O)c1cc(OC)cc(C(=O)N2CCC(Cc3cccnc3)C2)c1. The fourth-order valence-corrected chi connectivity index (χ4v) is 3.29. The van der Waals surface area contributed by atoms with Crippen LogP contribution in [0.15, 0.2) is 42.7 Å². The van der Waals surface area contributed by atoms with Crippen LogP contribution >= 0.6 is 0 Å². The lowest BCUT2D eigenvalue weighted by Crippen LogP contribution is -2.29. The van der Waals surface area contributed by atoms with Crippen LogP contribution in [0.1, 0.15) is 32.7 Å². The first kappa shape index (κ1) is 17.9. The van der Waals surface area contributed by atoms with Gasteiger partial charge in [-0.15, -0.1) is 0 Å². The van der Waals surface area contributed by atoms with E-state index in [9.17, 15) is 9.59 Å². The lowest BCUT2D eigenvalue weighted by atomic mass is 10.00. The molecule has 1 aliphatic rings. The molecule has 1 aliphatic heterocycles. The number of hydrogen-bond donors (Lipinski definition) is 0. The molecule has 0 radical (unpaired) electrons. The van der Waals surface area contributed by atoms with Crippen molar-refractivity contribution in [3.8, 4) is 5.75 Å². The van der Waals surface area contributed by atoms with Crippen molar-refractivity contribution >= 4 is 11.9 Å². The second kappa shape index (κ2) is 7.99. The topological polar surface area (TPSA) is 68.7 Å². The summed E-state index contributed by atoms with van der Waals surface area (Å²) in [5, 5.41) is 0. The molecule has 1 saturated heterocycles. The van der Waals surface area contributed by atoms with Crippen LogP contribution in [0.4, 0.5) is 0 Å². The zero-order valence-corrected chi connectivity index (χ0v) is 15.0. The van der Waals surface area contributed by atoms with Gasteiger partial charge in [-0.1, -0.05) is 6.07 Å². The number of likely N-dealkylation sites (tertiary alicyclic amines) is 1. The smallest absolute Gasteiger partial charge is 0.338 e. The third kappa shape index (κ3) is 4.02. The highest BCUT2D eigenvalue weighted by Crippen LogP contribution is 2.24. The van der Waals surface area contributed by atoms with E-state index in [1.54, 1.807) is 24.4 Å². The molecule has 1 unspecified atom stereocenters. The van der Waals surface area contributed by atoms with Gasteiger partial charge < -0.3 is 14.4 Å². The highest BCUT2D eigenvalue weighted by Gasteiger charge is 2.28.